The Labute approximate surface area is 148 Å². The first-order valence-electron chi connectivity index (χ1n) is 8.93. The quantitative estimate of drug-likeness (QED) is 0.923. The number of fused-ring (bicyclic) bond motifs is 2. The van der Waals surface area contributed by atoms with Crippen LogP contribution in [-0.2, 0) is 10.2 Å². The average molecular weight is 340 g/mol. The summed E-state index contributed by atoms with van der Waals surface area (Å²) < 4.78 is 10.8. The third-order valence-electron chi connectivity index (χ3n) is 5.43. The number of amides is 1. The van der Waals surface area contributed by atoms with Crippen LogP contribution in [0.3, 0.4) is 0 Å². The van der Waals surface area contributed by atoms with Crippen LogP contribution in [-0.4, -0.2) is 31.7 Å². The Bertz CT molecular complexity index is 761. The molecule has 0 atom stereocenters. The number of furan rings is 1. The zero-order chi connectivity index (χ0) is 17.4. The summed E-state index contributed by atoms with van der Waals surface area (Å²) in [5.41, 5.74) is 3.56. The molecule has 2 aromatic rings. The second-order valence-corrected chi connectivity index (χ2v) is 7.28. The normalized spacial score (nSPS) is 18.6. The molecule has 25 heavy (non-hydrogen) atoms. The molecule has 4 rings (SSSR count). The third kappa shape index (κ3) is 2.82. The van der Waals surface area contributed by atoms with Gasteiger partial charge in [-0.25, -0.2) is 0 Å². The van der Waals surface area contributed by atoms with Crippen molar-refractivity contribution in [1.29, 1.82) is 0 Å². The maximum atomic E-state index is 12.3. The Balaban J connectivity index is 1.67. The number of nitrogens with one attached hydrogen (secondary N) is 1. The summed E-state index contributed by atoms with van der Waals surface area (Å²) in [5, 5.41) is 2.96. The predicted octanol–water partition coefficient (Wildman–Crippen LogP) is 3.81. The molecule has 0 bridgehead atoms. The summed E-state index contributed by atoms with van der Waals surface area (Å²) in [7, 11) is 0. The van der Waals surface area contributed by atoms with E-state index in [9.17, 15) is 4.79 Å². The molecule has 1 saturated heterocycles. The molecule has 0 saturated carbocycles. The van der Waals surface area contributed by atoms with Gasteiger partial charge in [-0.2, -0.15) is 0 Å². The number of carbonyl (C=O) groups excluding carboxylic acids is 1. The number of rotatable bonds is 3. The van der Waals surface area contributed by atoms with Gasteiger partial charge in [-0.05, 0) is 62.6 Å². The molecule has 5 heteroatoms. The number of hydrogen-bond donors (Lipinski definition) is 1. The number of benzene rings is 1. The SMILES string of the molecule is CC(C)N1CC2(CCOCC2)c2cc(NC(=O)c3ccco3)ccc21. The van der Waals surface area contributed by atoms with Crippen LogP contribution in [0.4, 0.5) is 11.4 Å². The van der Waals surface area contributed by atoms with Gasteiger partial charge in [0.2, 0.25) is 0 Å². The minimum Gasteiger partial charge on any atom is -0.459 e. The molecule has 132 valence electrons. The van der Waals surface area contributed by atoms with E-state index in [-0.39, 0.29) is 11.3 Å². The van der Waals surface area contributed by atoms with Gasteiger partial charge in [-0.3, -0.25) is 4.79 Å². The lowest BCUT2D eigenvalue weighted by Crippen LogP contribution is -2.40. The Morgan fingerprint density at radius 2 is 2.04 bits per heavy atom. The van der Waals surface area contributed by atoms with Crippen molar-refractivity contribution in [2.75, 3.05) is 30.0 Å². The monoisotopic (exact) mass is 340 g/mol. The molecule has 5 nitrogen and oxygen atoms in total. The maximum Gasteiger partial charge on any atom is 0.291 e. The van der Waals surface area contributed by atoms with Gasteiger partial charge in [0.1, 0.15) is 0 Å². The number of carbonyl (C=O) groups is 1. The molecule has 1 fully saturated rings. The summed E-state index contributed by atoms with van der Waals surface area (Å²) in [6, 6.07) is 10.1. The lowest BCUT2D eigenvalue weighted by molar-refractivity contribution is 0.0551. The van der Waals surface area contributed by atoms with Gasteiger partial charge in [0.05, 0.1) is 6.26 Å². The van der Waals surface area contributed by atoms with E-state index in [0.717, 1.165) is 38.3 Å². The van der Waals surface area contributed by atoms with Crippen LogP contribution in [0.15, 0.2) is 41.0 Å². The molecule has 0 unspecified atom stereocenters. The van der Waals surface area contributed by atoms with E-state index in [2.05, 4.69) is 36.2 Å². The van der Waals surface area contributed by atoms with Gasteiger partial charge in [-0.1, -0.05) is 0 Å². The second kappa shape index (κ2) is 6.23. The van der Waals surface area contributed by atoms with Gasteiger partial charge in [-0.15, -0.1) is 0 Å². The summed E-state index contributed by atoms with van der Waals surface area (Å²) in [4.78, 5) is 14.8. The zero-order valence-electron chi connectivity index (χ0n) is 14.7. The molecule has 3 heterocycles. The van der Waals surface area contributed by atoms with Crippen molar-refractivity contribution < 1.29 is 13.9 Å². The Hall–Kier alpha value is -2.27. The lowest BCUT2D eigenvalue weighted by Gasteiger charge is -2.35. The number of ether oxygens (including phenoxy) is 1. The fraction of sp³-hybridized carbons (Fsp3) is 0.450. The van der Waals surface area contributed by atoms with E-state index in [1.807, 2.05) is 6.07 Å². The van der Waals surface area contributed by atoms with Crippen molar-refractivity contribution in [3.63, 3.8) is 0 Å². The van der Waals surface area contributed by atoms with E-state index in [0.29, 0.717) is 11.8 Å². The first kappa shape index (κ1) is 16.2. The van der Waals surface area contributed by atoms with E-state index >= 15 is 0 Å². The van der Waals surface area contributed by atoms with Crippen molar-refractivity contribution in [1.82, 2.24) is 0 Å². The van der Waals surface area contributed by atoms with Crippen molar-refractivity contribution in [2.45, 2.75) is 38.1 Å². The van der Waals surface area contributed by atoms with Crippen LogP contribution in [0.5, 0.6) is 0 Å². The molecular formula is C20H24N2O3. The molecule has 1 aromatic heterocycles. The summed E-state index contributed by atoms with van der Waals surface area (Å²) in [5.74, 6) is 0.106. The Morgan fingerprint density at radius 1 is 1.24 bits per heavy atom. The highest BCUT2D eigenvalue weighted by atomic mass is 16.5. The largest absolute Gasteiger partial charge is 0.459 e. The predicted molar refractivity (Wildman–Crippen MR) is 97.3 cm³/mol. The average Bonchev–Trinajstić information content (AvgIpc) is 3.24. The highest BCUT2D eigenvalue weighted by molar-refractivity contribution is 6.02. The van der Waals surface area contributed by atoms with Gasteiger partial charge >= 0.3 is 0 Å². The number of hydrogen-bond acceptors (Lipinski definition) is 4. The standard InChI is InChI=1S/C20H24N2O3/c1-14(2)22-13-20(7-10-24-11-8-20)16-12-15(5-6-17(16)22)21-19(23)18-4-3-9-25-18/h3-6,9,12,14H,7-8,10-11,13H2,1-2H3,(H,21,23). The molecule has 1 spiro atoms. The first-order valence-corrected chi connectivity index (χ1v) is 8.93. The number of anilines is 2. The van der Waals surface area contributed by atoms with Crippen LogP contribution in [0, 0.1) is 0 Å². The molecule has 1 N–H and O–H groups in total. The van der Waals surface area contributed by atoms with E-state index in [4.69, 9.17) is 9.15 Å². The fourth-order valence-electron chi connectivity index (χ4n) is 4.04. The van der Waals surface area contributed by atoms with Gasteiger partial charge < -0.3 is 19.4 Å². The summed E-state index contributed by atoms with van der Waals surface area (Å²) >= 11 is 0. The van der Waals surface area contributed by atoms with Crippen molar-refractivity contribution in [2.24, 2.45) is 0 Å². The third-order valence-corrected chi connectivity index (χ3v) is 5.43. The minimum absolute atomic E-state index is 0.128. The smallest absolute Gasteiger partial charge is 0.291 e. The van der Waals surface area contributed by atoms with Gasteiger partial charge in [0, 0.05) is 42.6 Å². The van der Waals surface area contributed by atoms with Crippen LogP contribution in [0.2, 0.25) is 0 Å². The summed E-state index contributed by atoms with van der Waals surface area (Å²) in [6.07, 6.45) is 3.56. The van der Waals surface area contributed by atoms with Crippen molar-refractivity contribution in [3.8, 4) is 0 Å². The van der Waals surface area contributed by atoms with E-state index in [1.54, 1.807) is 12.1 Å². The molecule has 2 aliphatic rings. The van der Waals surface area contributed by atoms with E-state index < -0.39 is 0 Å². The topological polar surface area (TPSA) is 54.7 Å². The minimum atomic E-state index is -0.218. The highest BCUT2D eigenvalue weighted by Crippen LogP contribution is 2.48. The van der Waals surface area contributed by atoms with Gasteiger partial charge in [0.25, 0.3) is 5.91 Å². The molecule has 0 radical (unpaired) electrons. The second-order valence-electron chi connectivity index (χ2n) is 7.28. The lowest BCUT2D eigenvalue weighted by atomic mass is 9.76. The van der Waals surface area contributed by atoms with Crippen molar-refractivity contribution in [3.05, 3.63) is 47.9 Å². The zero-order valence-corrected chi connectivity index (χ0v) is 14.7. The molecule has 2 aliphatic heterocycles. The maximum absolute atomic E-state index is 12.3. The van der Waals surface area contributed by atoms with Crippen LogP contribution in [0.25, 0.3) is 0 Å². The number of nitrogens with zero attached hydrogens (tertiary/aromatic N) is 1. The molecule has 1 aromatic carbocycles. The fourth-order valence-corrected chi connectivity index (χ4v) is 4.04. The van der Waals surface area contributed by atoms with Crippen LogP contribution >= 0.6 is 0 Å². The van der Waals surface area contributed by atoms with Crippen LogP contribution < -0.4 is 10.2 Å². The van der Waals surface area contributed by atoms with Crippen LogP contribution in [0.1, 0.15) is 42.8 Å². The summed E-state index contributed by atoms with van der Waals surface area (Å²) in [6.45, 7) is 7.09. The van der Waals surface area contributed by atoms with Gasteiger partial charge in [0.15, 0.2) is 5.76 Å². The molecule has 1 amide bonds. The molecule has 0 aliphatic carbocycles. The molecular weight excluding hydrogens is 316 g/mol. The first-order chi connectivity index (χ1) is 12.1. The highest BCUT2D eigenvalue weighted by Gasteiger charge is 2.44. The van der Waals surface area contributed by atoms with Crippen molar-refractivity contribution >= 4 is 17.3 Å². The Kier molecular flexibility index (Phi) is 4.04. The Morgan fingerprint density at radius 3 is 2.72 bits per heavy atom. The van der Waals surface area contributed by atoms with E-state index in [1.165, 1.54) is 17.5 Å².